The van der Waals surface area contributed by atoms with Crippen LogP contribution in [-0.4, -0.2) is 29.1 Å². The molecule has 0 aliphatic rings. The number of carbonyl (C=O) groups excluding carboxylic acids is 1. The minimum atomic E-state index is -1.43. The van der Waals surface area contributed by atoms with Crippen LogP contribution in [0.5, 0.6) is 0 Å². The van der Waals surface area contributed by atoms with Crippen molar-refractivity contribution in [1.29, 1.82) is 0 Å². The van der Waals surface area contributed by atoms with Crippen molar-refractivity contribution in [3.8, 4) is 0 Å². The number of anilines is 2. The number of benzene rings is 2. The van der Waals surface area contributed by atoms with Crippen LogP contribution >= 0.6 is 11.3 Å². The number of nitrogens with zero attached hydrogens (tertiary/aromatic N) is 1. The molecule has 3 aromatic rings. The van der Waals surface area contributed by atoms with Gasteiger partial charge in [-0.1, -0.05) is 42.3 Å². The molecule has 28 heavy (non-hydrogen) atoms. The number of carbonyl (C=O) groups is 1. The van der Waals surface area contributed by atoms with Gasteiger partial charge in [0.1, 0.15) is 0 Å². The van der Waals surface area contributed by atoms with Crippen molar-refractivity contribution in [2.24, 2.45) is 0 Å². The molecular formula is C21H24N4O2S. The smallest absolute Gasteiger partial charge is 0.230 e. The molecule has 1 amide bonds. The van der Waals surface area contributed by atoms with Crippen molar-refractivity contribution in [3.05, 3.63) is 76.6 Å². The number of rotatable bonds is 9. The lowest BCUT2D eigenvalue weighted by Gasteiger charge is -2.12. The van der Waals surface area contributed by atoms with Gasteiger partial charge in [-0.15, -0.1) is 11.3 Å². The molecular weight excluding hydrogens is 372 g/mol. The summed E-state index contributed by atoms with van der Waals surface area (Å²) in [6.45, 7) is -0.112. The molecule has 5 N–H and O–H groups in total. The summed E-state index contributed by atoms with van der Waals surface area (Å²) in [6, 6.07) is -4.38. The fraction of sp³-hybridized carbons (Fsp3) is 0.238. The van der Waals surface area contributed by atoms with Crippen LogP contribution in [0.15, 0.2) is 59.7 Å². The summed E-state index contributed by atoms with van der Waals surface area (Å²) >= 11 is 0.898. The molecule has 7 heteroatoms. The van der Waals surface area contributed by atoms with E-state index in [1.165, 1.54) is 0 Å². The Balaban J connectivity index is 1.68. The van der Waals surface area contributed by atoms with Crippen LogP contribution in [0.1, 0.15) is 36.6 Å². The predicted molar refractivity (Wildman–Crippen MR) is 113 cm³/mol. The molecule has 0 radical (unpaired) electrons. The highest BCUT2D eigenvalue weighted by Gasteiger charge is 2.08. The summed E-state index contributed by atoms with van der Waals surface area (Å²) in [4.78, 5) is 16.3. The maximum absolute atomic E-state index is 12.4. The first-order valence-corrected chi connectivity index (χ1v) is 9.14. The Kier molecular flexibility index (Phi) is 3.82. The summed E-state index contributed by atoms with van der Waals surface area (Å²) < 4.78 is 79.6. The number of aromatic nitrogens is 1. The summed E-state index contributed by atoms with van der Waals surface area (Å²) in [5.41, 5.74) is 5.15. The number of amides is 1. The predicted octanol–water partition coefficient (Wildman–Crippen LogP) is 2.77. The number of aliphatic hydroxyl groups excluding tert-OH is 1. The minimum absolute atomic E-state index is 0.0109. The summed E-state index contributed by atoms with van der Waals surface area (Å²) in [5, 5.41) is 15.8. The highest BCUT2D eigenvalue weighted by molar-refractivity contribution is 7.13. The SMILES string of the molecule is [2H]c1sc(N)nc1CC(=O)Nc1c([2H])c([2H])c(CCNC[C@@H](O)c2c([2H])c([2H])c([2H])c([2H])c2[2H])c([2H])c1[2H]. The second-order valence-electron chi connectivity index (χ2n) is 5.69. The van der Waals surface area contributed by atoms with Crippen molar-refractivity contribution in [2.45, 2.75) is 18.9 Å². The number of thiazole rings is 1. The molecule has 6 nitrogen and oxygen atoms in total. The first-order chi connectivity index (χ1) is 17.8. The largest absolute Gasteiger partial charge is 0.387 e. The van der Waals surface area contributed by atoms with Crippen LogP contribution in [0, 0.1) is 0 Å². The van der Waals surface area contributed by atoms with E-state index in [2.05, 4.69) is 15.6 Å². The normalized spacial score (nSPS) is 16.9. The number of hydrogen-bond donors (Lipinski definition) is 4. The maximum Gasteiger partial charge on any atom is 0.230 e. The van der Waals surface area contributed by atoms with Crippen LogP contribution in [0.25, 0.3) is 0 Å². The Hall–Kier alpha value is -2.74. The van der Waals surface area contributed by atoms with Crippen LogP contribution in [0.4, 0.5) is 10.8 Å². The molecule has 0 saturated heterocycles. The lowest BCUT2D eigenvalue weighted by Crippen LogP contribution is -2.23. The van der Waals surface area contributed by atoms with E-state index in [1.807, 2.05) is 0 Å². The van der Waals surface area contributed by atoms with E-state index in [9.17, 15) is 9.90 Å². The Morgan fingerprint density at radius 1 is 1.21 bits per heavy atom. The van der Waals surface area contributed by atoms with Crippen LogP contribution < -0.4 is 16.4 Å². The summed E-state index contributed by atoms with van der Waals surface area (Å²) in [7, 11) is 0. The zero-order valence-corrected chi connectivity index (χ0v) is 15.5. The molecule has 1 heterocycles. The number of hydrogen-bond acceptors (Lipinski definition) is 6. The van der Waals surface area contributed by atoms with Crippen LogP contribution in [0.2, 0.25) is 0 Å². The van der Waals surface area contributed by atoms with Gasteiger partial charge in [-0.3, -0.25) is 4.79 Å². The summed E-state index contributed by atoms with van der Waals surface area (Å²) in [5.74, 6) is -0.680. The Morgan fingerprint density at radius 3 is 2.64 bits per heavy atom. The molecule has 0 aliphatic heterocycles. The van der Waals surface area contributed by atoms with E-state index >= 15 is 0 Å². The van der Waals surface area contributed by atoms with Gasteiger partial charge in [0.15, 0.2) is 5.13 Å². The molecule has 3 rings (SSSR count). The Morgan fingerprint density at radius 2 is 1.96 bits per heavy atom. The number of nitrogens with one attached hydrogen (secondary N) is 2. The van der Waals surface area contributed by atoms with Crippen LogP contribution in [-0.2, 0) is 17.6 Å². The third kappa shape index (κ3) is 6.16. The first kappa shape index (κ1) is 10.7. The van der Waals surface area contributed by atoms with Gasteiger partial charge >= 0.3 is 0 Å². The highest BCUT2D eigenvalue weighted by atomic mass is 32.1. The first-order valence-electron chi connectivity index (χ1n) is 13.3. The van der Waals surface area contributed by atoms with Crippen molar-refractivity contribution in [2.75, 3.05) is 24.1 Å². The maximum atomic E-state index is 12.4. The van der Waals surface area contributed by atoms with Crippen LogP contribution in [0.3, 0.4) is 0 Å². The Bertz CT molecular complexity index is 1340. The van der Waals surface area contributed by atoms with Gasteiger partial charge < -0.3 is 21.5 Å². The van der Waals surface area contributed by atoms with E-state index in [1.54, 1.807) is 0 Å². The quantitative estimate of drug-likeness (QED) is 0.410. The zero-order chi connectivity index (χ0) is 28.5. The average Bonchev–Trinajstić information content (AvgIpc) is 3.18. The minimum Gasteiger partial charge on any atom is -0.387 e. The van der Waals surface area contributed by atoms with E-state index < -0.39 is 54.3 Å². The molecule has 0 fully saturated rings. The molecule has 2 aromatic carbocycles. The second-order valence-corrected chi connectivity index (χ2v) is 6.51. The topological polar surface area (TPSA) is 100 Å². The van der Waals surface area contributed by atoms with Gasteiger partial charge in [0.05, 0.1) is 31.9 Å². The fourth-order valence-corrected chi connectivity index (χ4v) is 2.70. The van der Waals surface area contributed by atoms with Crippen molar-refractivity contribution in [1.82, 2.24) is 10.3 Å². The number of aliphatic hydroxyl groups is 1. The van der Waals surface area contributed by atoms with E-state index in [-0.39, 0.29) is 71.0 Å². The molecule has 146 valence electrons. The van der Waals surface area contributed by atoms with Gasteiger partial charge in [-0.2, -0.15) is 0 Å². The van der Waals surface area contributed by atoms with E-state index in [0.29, 0.717) is 0 Å². The molecule has 1 atom stereocenters. The van der Waals surface area contributed by atoms with Gasteiger partial charge in [0.2, 0.25) is 5.91 Å². The number of nitrogen functional groups attached to an aromatic ring is 1. The van der Waals surface area contributed by atoms with Crippen molar-refractivity contribution in [3.63, 3.8) is 0 Å². The molecule has 0 spiro atoms. The molecule has 0 saturated carbocycles. The van der Waals surface area contributed by atoms with Crippen molar-refractivity contribution < 1.29 is 23.6 Å². The molecule has 0 bridgehead atoms. The third-order valence-corrected chi connectivity index (χ3v) is 4.17. The molecule has 0 unspecified atom stereocenters. The lowest BCUT2D eigenvalue weighted by atomic mass is 10.1. The van der Waals surface area contributed by atoms with E-state index in [0.717, 1.165) is 11.3 Å². The van der Waals surface area contributed by atoms with Gasteiger partial charge in [-0.05, 0) is 36.2 Å². The lowest BCUT2D eigenvalue weighted by molar-refractivity contribution is -0.115. The zero-order valence-electron chi connectivity index (χ0n) is 24.7. The van der Waals surface area contributed by atoms with Crippen molar-refractivity contribution >= 4 is 28.1 Å². The monoisotopic (exact) mass is 406 g/mol. The van der Waals surface area contributed by atoms with Gasteiger partial charge in [-0.25, -0.2) is 4.98 Å². The highest BCUT2D eigenvalue weighted by Crippen LogP contribution is 2.14. The summed E-state index contributed by atoms with van der Waals surface area (Å²) in [6.07, 6.45) is -1.74. The molecule has 1 aromatic heterocycles. The third-order valence-electron chi connectivity index (χ3n) is 3.53. The fourth-order valence-electron chi connectivity index (χ4n) is 2.21. The number of nitrogens with two attached hydrogens (primary N) is 1. The standard InChI is InChI=1S/C21H24N4O2S/c22-21-25-18(14-28-21)12-20(27)24-17-8-6-15(7-9-17)10-11-23-13-19(26)16-4-2-1-3-5-16/h1-9,14,19,23,26H,10-13H2,(H2,22,25)(H,24,27)/t19-/m1/s1/i1D,2D,3D,4D,5D,6D,7D,8D,9D,14D. The van der Waals surface area contributed by atoms with Gasteiger partial charge in [0, 0.05) is 17.6 Å². The average molecular weight is 407 g/mol. The second kappa shape index (κ2) is 9.98. The molecule has 0 aliphatic carbocycles. The van der Waals surface area contributed by atoms with E-state index in [4.69, 9.17) is 19.4 Å². The van der Waals surface area contributed by atoms with Gasteiger partial charge in [0.25, 0.3) is 0 Å². The Labute approximate surface area is 182 Å².